The average molecular weight is 252 g/mol. The zero-order valence-electron chi connectivity index (χ0n) is 12.4. The Morgan fingerprint density at radius 2 is 1.72 bits per heavy atom. The number of amides is 1. The van der Waals surface area contributed by atoms with Crippen LogP contribution in [-0.2, 0) is 4.79 Å². The molecule has 2 aliphatic rings. The Hall–Kier alpha value is -0.570. The van der Waals surface area contributed by atoms with Crippen LogP contribution in [-0.4, -0.2) is 47.9 Å². The van der Waals surface area contributed by atoms with E-state index in [1.165, 1.54) is 12.8 Å². The number of carbonyl (C=O) groups excluding carboxylic acids is 1. The van der Waals surface area contributed by atoms with E-state index in [1.807, 2.05) is 0 Å². The second kappa shape index (κ2) is 5.20. The second-order valence-corrected chi connectivity index (χ2v) is 7.23. The Balaban J connectivity index is 1.77. The summed E-state index contributed by atoms with van der Waals surface area (Å²) >= 11 is 0. The Morgan fingerprint density at radius 1 is 1.17 bits per heavy atom. The van der Waals surface area contributed by atoms with E-state index in [2.05, 4.69) is 37.5 Å². The minimum Gasteiger partial charge on any atom is -0.340 e. The topological polar surface area (TPSA) is 23.6 Å². The second-order valence-electron chi connectivity index (χ2n) is 7.23. The van der Waals surface area contributed by atoms with E-state index in [1.54, 1.807) is 0 Å². The maximum Gasteiger partial charge on any atom is 0.223 e. The van der Waals surface area contributed by atoms with E-state index >= 15 is 0 Å². The largest absolute Gasteiger partial charge is 0.340 e. The van der Waals surface area contributed by atoms with Gasteiger partial charge in [-0.2, -0.15) is 0 Å². The first-order chi connectivity index (χ1) is 8.37. The molecule has 0 radical (unpaired) electrons. The lowest BCUT2D eigenvalue weighted by Gasteiger charge is -2.39. The molecule has 3 nitrogen and oxygen atoms in total. The van der Waals surface area contributed by atoms with Gasteiger partial charge in [-0.05, 0) is 31.1 Å². The molecule has 1 aliphatic heterocycles. The molecule has 1 atom stereocenters. The van der Waals surface area contributed by atoms with Crippen LogP contribution in [0.5, 0.6) is 0 Å². The maximum absolute atomic E-state index is 12.1. The number of hydrogen-bond donors (Lipinski definition) is 0. The highest BCUT2D eigenvalue weighted by Gasteiger charge is 2.34. The van der Waals surface area contributed by atoms with Crippen LogP contribution in [0.3, 0.4) is 0 Å². The lowest BCUT2D eigenvalue weighted by molar-refractivity contribution is -0.135. The number of rotatable bonds is 3. The van der Waals surface area contributed by atoms with Crippen LogP contribution in [0.4, 0.5) is 0 Å². The minimum absolute atomic E-state index is 0.107. The monoisotopic (exact) mass is 252 g/mol. The Labute approximate surface area is 112 Å². The summed E-state index contributed by atoms with van der Waals surface area (Å²) in [5, 5.41) is 0. The van der Waals surface area contributed by atoms with Gasteiger partial charge in [0, 0.05) is 38.6 Å². The molecular formula is C15H28N2O. The number of hydrogen-bond acceptors (Lipinski definition) is 2. The minimum atomic E-state index is 0.107. The first-order valence-corrected chi connectivity index (χ1v) is 7.39. The van der Waals surface area contributed by atoms with Crippen molar-refractivity contribution in [3.05, 3.63) is 0 Å². The molecule has 1 unspecified atom stereocenters. The third-order valence-electron chi connectivity index (χ3n) is 4.23. The van der Waals surface area contributed by atoms with E-state index in [9.17, 15) is 4.79 Å². The first-order valence-electron chi connectivity index (χ1n) is 7.39. The van der Waals surface area contributed by atoms with E-state index < -0.39 is 0 Å². The van der Waals surface area contributed by atoms with Crippen molar-refractivity contribution in [3.8, 4) is 0 Å². The van der Waals surface area contributed by atoms with Gasteiger partial charge in [-0.25, -0.2) is 0 Å². The fourth-order valence-corrected chi connectivity index (χ4v) is 2.82. The average Bonchev–Trinajstić information content (AvgIpc) is 3.10. The predicted octanol–water partition coefficient (Wildman–Crippen LogP) is 2.37. The van der Waals surface area contributed by atoms with Gasteiger partial charge < -0.3 is 4.90 Å². The van der Waals surface area contributed by atoms with Crippen LogP contribution in [0.2, 0.25) is 0 Å². The maximum atomic E-state index is 12.1. The molecule has 0 aromatic rings. The van der Waals surface area contributed by atoms with Gasteiger partial charge in [0.15, 0.2) is 0 Å². The highest BCUT2D eigenvalue weighted by molar-refractivity contribution is 5.76. The van der Waals surface area contributed by atoms with E-state index in [0.29, 0.717) is 12.3 Å². The molecule has 0 aromatic heterocycles. The molecule has 0 N–H and O–H groups in total. The van der Waals surface area contributed by atoms with Crippen molar-refractivity contribution in [1.82, 2.24) is 9.80 Å². The van der Waals surface area contributed by atoms with E-state index in [0.717, 1.165) is 38.1 Å². The Kier molecular flexibility index (Phi) is 4.00. The number of piperazine rings is 1. The number of nitrogens with zero attached hydrogens (tertiary/aromatic N) is 2. The van der Waals surface area contributed by atoms with Gasteiger partial charge in [0.05, 0.1) is 0 Å². The SMILES string of the molecule is CC(C1CC1)N1CCN(C(=O)CC(C)(C)C)CC1. The van der Waals surface area contributed by atoms with Gasteiger partial charge in [0.1, 0.15) is 0 Å². The molecule has 2 fully saturated rings. The highest BCUT2D eigenvalue weighted by Crippen LogP contribution is 2.35. The summed E-state index contributed by atoms with van der Waals surface area (Å²) in [6.07, 6.45) is 3.49. The molecule has 0 spiro atoms. The van der Waals surface area contributed by atoms with Crippen LogP contribution < -0.4 is 0 Å². The molecule has 1 saturated heterocycles. The molecule has 104 valence electrons. The molecule has 18 heavy (non-hydrogen) atoms. The van der Waals surface area contributed by atoms with Crippen molar-refractivity contribution >= 4 is 5.91 Å². The fraction of sp³-hybridized carbons (Fsp3) is 0.933. The quantitative estimate of drug-likeness (QED) is 0.770. The standard InChI is InChI=1S/C15H28N2O/c1-12(13-5-6-13)16-7-9-17(10-8-16)14(18)11-15(2,3)4/h12-13H,5-11H2,1-4H3. The van der Waals surface area contributed by atoms with Crippen LogP contribution in [0.1, 0.15) is 47.0 Å². The molecular weight excluding hydrogens is 224 g/mol. The van der Waals surface area contributed by atoms with Gasteiger partial charge >= 0.3 is 0 Å². The fourth-order valence-electron chi connectivity index (χ4n) is 2.82. The van der Waals surface area contributed by atoms with Gasteiger partial charge in [-0.15, -0.1) is 0 Å². The third kappa shape index (κ3) is 3.71. The Morgan fingerprint density at radius 3 is 2.17 bits per heavy atom. The molecule has 1 amide bonds. The van der Waals surface area contributed by atoms with Crippen LogP contribution >= 0.6 is 0 Å². The van der Waals surface area contributed by atoms with Crippen molar-refractivity contribution in [2.24, 2.45) is 11.3 Å². The molecule has 1 saturated carbocycles. The smallest absolute Gasteiger partial charge is 0.223 e. The third-order valence-corrected chi connectivity index (χ3v) is 4.23. The van der Waals surface area contributed by atoms with Crippen molar-refractivity contribution in [1.29, 1.82) is 0 Å². The van der Waals surface area contributed by atoms with Crippen molar-refractivity contribution in [2.45, 2.75) is 53.0 Å². The van der Waals surface area contributed by atoms with E-state index in [-0.39, 0.29) is 5.41 Å². The van der Waals surface area contributed by atoms with Crippen molar-refractivity contribution in [2.75, 3.05) is 26.2 Å². The summed E-state index contributed by atoms with van der Waals surface area (Å²) in [7, 11) is 0. The van der Waals surface area contributed by atoms with Crippen LogP contribution in [0.25, 0.3) is 0 Å². The molecule has 2 rings (SSSR count). The van der Waals surface area contributed by atoms with Crippen LogP contribution in [0, 0.1) is 11.3 Å². The summed E-state index contributed by atoms with van der Waals surface area (Å²) in [4.78, 5) is 16.8. The molecule has 0 bridgehead atoms. The zero-order chi connectivity index (χ0) is 13.3. The van der Waals surface area contributed by atoms with Gasteiger partial charge in [-0.3, -0.25) is 9.69 Å². The highest BCUT2D eigenvalue weighted by atomic mass is 16.2. The lowest BCUT2D eigenvalue weighted by Crippen LogP contribution is -2.52. The number of carbonyl (C=O) groups is 1. The normalized spacial score (nSPS) is 24.1. The summed E-state index contributed by atoms with van der Waals surface area (Å²) in [5.41, 5.74) is 0.107. The zero-order valence-corrected chi connectivity index (χ0v) is 12.4. The summed E-state index contributed by atoms with van der Waals surface area (Å²) in [5.74, 6) is 1.27. The summed E-state index contributed by atoms with van der Waals surface area (Å²) in [6.45, 7) is 12.7. The van der Waals surface area contributed by atoms with Crippen molar-refractivity contribution < 1.29 is 4.79 Å². The van der Waals surface area contributed by atoms with Gasteiger partial charge in [-0.1, -0.05) is 20.8 Å². The summed E-state index contributed by atoms with van der Waals surface area (Å²) < 4.78 is 0. The molecule has 1 aliphatic carbocycles. The van der Waals surface area contributed by atoms with E-state index in [4.69, 9.17) is 0 Å². The van der Waals surface area contributed by atoms with Crippen LogP contribution in [0.15, 0.2) is 0 Å². The molecule has 3 heteroatoms. The van der Waals surface area contributed by atoms with Gasteiger partial charge in [0.2, 0.25) is 5.91 Å². The predicted molar refractivity (Wildman–Crippen MR) is 74.4 cm³/mol. The first kappa shape index (κ1) is 13.9. The Bertz CT molecular complexity index is 296. The van der Waals surface area contributed by atoms with Gasteiger partial charge in [0.25, 0.3) is 0 Å². The van der Waals surface area contributed by atoms with Crippen molar-refractivity contribution in [3.63, 3.8) is 0 Å². The molecule has 1 heterocycles. The molecule has 0 aromatic carbocycles. The lowest BCUT2D eigenvalue weighted by atomic mass is 9.91. The summed E-state index contributed by atoms with van der Waals surface area (Å²) in [6, 6.07) is 0.727.